The van der Waals surface area contributed by atoms with E-state index in [4.69, 9.17) is 4.74 Å². The molecule has 0 saturated heterocycles. The molecule has 1 rings (SSSR count). The van der Waals surface area contributed by atoms with Crippen LogP contribution < -0.4 is 5.32 Å². The van der Waals surface area contributed by atoms with Crippen molar-refractivity contribution < 1.29 is 9.53 Å². The highest BCUT2D eigenvalue weighted by Gasteiger charge is 1.97. The first kappa shape index (κ1) is 13.7. The van der Waals surface area contributed by atoms with Crippen molar-refractivity contribution in [3.05, 3.63) is 35.4 Å². The molecule has 1 amide bonds. The van der Waals surface area contributed by atoms with E-state index in [-0.39, 0.29) is 5.91 Å². The fourth-order valence-electron chi connectivity index (χ4n) is 1.53. The Hall–Kier alpha value is -1.35. The van der Waals surface area contributed by atoms with Gasteiger partial charge in [0, 0.05) is 20.1 Å². The lowest BCUT2D eigenvalue weighted by molar-refractivity contribution is -0.121. The van der Waals surface area contributed by atoms with E-state index in [0.29, 0.717) is 19.6 Å². The molecule has 94 valence electrons. The molecule has 1 aromatic rings. The van der Waals surface area contributed by atoms with E-state index >= 15 is 0 Å². The molecule has 0 radical (unpaired) electrons. The fraction of sp³-hybridized carbons (Fsp3) is 0.500. The van der Waals surface area contributed by atoms with Crippen LogP contribution in [0.5, 0.6) is 0 Å². The average Bonchev–Trinajstić information content (AvgIpc) is 2.35. The lowest BCUT2D eigenvalue weighted by atomic mass is 10.1. The average molecular weight is 235 g/mol. The van der Waals surface area contributed by atoms with E-state index in [2.05, 4.69) is 36.5 Å². The summed E-state index contributed by atoms with van der Waals surface area (Å²) in [5, 5.41) is 2.57. The summed E-state index contributed by atoms with van der Waals surface area (Å²) in [7, 11) is 1.64. The summed E-state index contributed by atoms with van der Waals surface area (Å²) in [6, 6.07) is 8.56. The first-order chi connectivity index (χ1) is 8.22. The van der Waals surface area contributed by atoms with Crippen LogP contribution in [0.1, 0.15) is 24.0 Å². The third-order valence-corrected chi connectivity index (χ3v) is 2.63. The van der Waals surface area contributed by atoms with Crippen LogP contribution in [-0.2, 0) is 16.0 Å². The highest BCUT2D eigenvalue weighted by molar-refractivity contribution is 5.75. The molecule has 0 aromatic heterocycles. The molecule has 0 heterocycles. The van der Waals surface area contributed by atoms with Crippen LogP contribution in [0.15, 0.2) is 24.3 Å². The molecule has 0 spiro atoms. The Labute approximate surface area is 103 Å². The van der Waals surface area contributed by atoms with Crippen molar-refractivity contribution in [2.45, 2.75) is 26.2 Å². The summed E-state index contributed by atoms with van der Waals surface area (Å²) in [4.78, 5) is 10.9. The monoisotopic (exact) mass is 235 g/mol. The molecule has 3 nitrogen and oxygen atoms in total. The fourth-order valence-corrected chi connectivity index (χ4v) is 1.53. The van der Waals surface area contributed by atoms with Crippen molar-refractivity contribution in [1.82, 2.24) is 5.32 Å². The van der Waals surface area contributed by atoms with Crippen LogP contribution >= 0.6 is 0 Å². The minimum absolute atomic E-state index is 0.0311. The number of carbonyl (C=O) groups excluding carboxylic acids is 1. The van der Waals surface area contributed by atoms with E-state index in [0.717, 1.165) is 12.8 Å². The number of aryl methyl sites for hydroxylation is 2. The summed E-state index contributed by atoms with van der Waals surface area (Å²) < 4.78 is 5.39. The zero-order valence-electron chi connectivity index (χ0n) is 10.7. The molecule has 0 aliphatic heterocycles. The molecule has 0 aliphatic rings. The Morgan fingerprint density at radius 3 is 2.59 bits per heavy atom. The number of rotatable bonds is 7. The van der Waals surface area contributed by atoms with E-state index in [1.807, 2.05) is 0 Å². The van der Waals surface area contributed by atoms with Gasteiger partial charge in [-0.3, -0.25) is 4.79 Å². The van der Waals surface area contributed by atoms with Crippen molar-refractivity contribution in [2.75, 3.05) is 20.3 Å². The third-order valence-electron chi connectivity index (χ3n) is 2.63. The molecule has 0 aliphatic carbocycles. The van der Waals surface area contributed by atoms with Crippen LogP contribution in [0, 0.1) is 6.92 Å². The van der Waals surface area contributed by atoms with Gasteiger partial charge in [0.05, 0.1) is 6.61 Å². The lowest BCUT2D eigenvalue weighted by Crippen LogP contribution is -2.19. The molecule has 0 atom stereocenters. The van der Waals surface area contributed by atoms with E-state index in [1.165, 1.54) is 11.1 Å². The number of benzene rings is 1. The maximum absolute atomic E-state index is 10.9. The summed E-state index contributed by atoms with van der Waals surface area (Å²) in [6.07, 6.45) is 2.47. The SMILES string of the molecule is CNC(=O)CCOCCCc1ccc(C)cc1. The van der Waals surface area contributed by atoms with Crippen molar-refractivity contribution >= 4 is 5.91 Å². The maximum atomic E-state index is 10.9. The quantitative estimate of drug-likeness (QED) is 0.735. The van der Waals surface area contributed by atoms with Gasteiger partial charge in [-0.2, -0.15) is 0 Å². The number of carbonyl (C=O) groups is 1. The minimum atomic E-state index is 0.0311. The second kappa shape index (κ2) is 7.85. The Morgan fingerprint density at radius 1 is 1.24 bits per heavy atom. The highest BCUT2D eigenvalue weighted by atomic mass is 16.5. The molecular formula is C14H21NO2. The Morgan fingerprint density at radius 2 is 1.94 bits per heavy atom. The summed E-state index contributed by atoms with van der Waals surface area (Å²) >= 11 is 0. The number of ether oxygens (including phenoxy) is 1. The predicted octanol–water partition coefficient (Wildman–Crippen LogP) is 2.08. The molecule has 0 fully saturated rings. The second-order valence-corrected chi connectivity index (χ2v) is 4.12. The van der Waals surface area contributed by atoms with Gasteiger partial charge in [0.1, 0.15) is 0 Å². The van der Waals surface area contributed by atoms with Crippen molar-refractivity contribution in [1.29, 1.82) is 0 Å². The number of hydrogen-bond donors (Lipinski definition) is 1. The molecule has 17 heavy (non-hydrogen) atoms. The van der Waals surface area contributed by atoms with Gasteiger partial charge in [0.2, 0.25) is 5.91 Å². The standard InChI is InChI=1S/C14H21NO2/c1-12-5-7-13(8-6-12)4-3-10-17-11-9-14(16)15-2/h5-8H,3-4,9-11H2,1-2H3,(H,15,16). The van der Waals surface area contributed by atoms with Gasteiger partial charge in [-0.15, -0.1) is 0 Å². The van der Waals surface area contributed by atoms with Gasteiger partial charge >= 0.3 is 0 Å². The molecule has 3 heteroatoms. The second-order valence-electron chi connectivity index (χ2n) is 4.12. The topological polar surface area (TPSA) is 38.3 Å². The lowest BCUT2D eigenvalue weighted by Gasteiger charge is -2.04. The summed E-state index contributed by atoms with van der Waals surface area (Å²) in [5.74, 6) is 0.0311. The largest absolute Gasteiger partial charge is 0.381 e. The van der Waals surface area contributed by atoms with E-state index in [1.54, 1.807) is 7.05 Å². The smallest absolute Gasteiger partial charge is 0.222 e. The molecule has 0 unspecified atom stereocenters. The van der Waals surface area contributed by atoms with Crippen molar-refractivity contribution in [3.63, 3.8) is 0 Å². The van der Waals surface area contributed by atoms with Crippen molar-refractivity contribution in [2.24, 2.45) is 0 Å². The zero-order valence-corrected chi connectivity index (χ0v) is 10.7. The highest BCUT2D eigenvalue weighted by Crippen LogP contribution is 2.05. The van der Waals surface area contributed by atoms with Gasteiger partial charge in [-0.05, 0) is 25.3 Å². The predicted molar refractivity (Wildman–Crippen MR) is 69.0 cm³/mol. The van der Waals surface area contributed by atoms with Gasteiger partial charge < -0.3 is 10.1 Å². The van der Waals surface area contributed by atoms with Crippen LogP contribution in [0.2, 0.25) is 0 Å². The van der Waals surface area contributed by atoms with Gasteiger partial charge in [0.15, 0.2) is 0 Å². The normalized spacial score (nSPS) is 10.2. The first-order valence-electron chi connectivity index (χ1n) is 6.06. The molecular weight excluding hydrogens is 214 g/mol. The van der Waals surface area contributed by atoms with Gasteiger partial charge in [-0.1, -0.05) is 29.8 Å². The zero-order chi connectivity index (χ0) is 12.5. The van der Waals surface area contributed by atoms with Crippen molar-refractivity contribution in [3.8, 4) is 0 Å². The molecule has 1 aromatic carbocycles. The van der Waals surface area contributed by atoms with Gasteiger partial charge in [0.25, 0.3) is 0 Å². The van der Waals surface area contributed by atoms with Crippen LogP contribution in [0.4, 0.5) is 0 Å². The van der Waals surface area contributed by atoms with E-state index in [9.17, 15) is 4.79 Å². The Balaban J connectivity index is 2.04. The number of amides is 1. The third kappa shape index (κ3) is 6.07. The van der Waals surface area contributed by atoms with Gasteiger partial charge in [-0.25, -0.2) is 0 Å². The van der Waals surface area contributed by atoms with Crippen LogP contribution in [0.3, 0.4) is 0 Å². The molecule has 0 saturated carbocycles. The summed E-state index contributed by atoms with van der Waals surface area (Å²) in [5.41, 5.74) is 2.63. The first-order valence-corrected chi connectivity index (χ1v) is 6.06. The summed E-state index contributed by atoms with van der Waals surface area (Å²) in [6.45, 7) is 3.31. The van der Waals surface area contributed by atoms with Crippen LogP contribution in [-0.4, -0.2) is 26.2 Å². The van der Waals surface area contributed by atoms with Crippen LogP contribution in [0.25, 0.3) is 0 Å². The Kier molecular flexibility index (Phi) is 6.33. The van der Waals surface area contributed by atoms with E-state index < -0.39 is 0 Å². The number of nitrogens with one attached hydrogen (secondary N) is 1. The maximum Gasteiger partial charge on any atom is 0.222 e. The Bertz CT molecular complexity index is 333. The molecule has 0 bridgehead atoms. The number of hydrogen-bond acceptors (Lipinski definition) is 2. The minimum Gasteiger partial charge on any atom is -0.381 e. The molecule has 1 N–H and O–H groups in total.